The molecule has 2 nitrogen and oxygen atoms in total. The molecule has 0 N–H and O–H groups in total. The SMILES string of the molecule is Fc1ccccc1CCN1CCC(N2CCc3ccc(Br)cc32)CC1. The Morgan fingerprint density at radius 3 is 2.64 bits per heavy atom. The van der Waals surface area contributed by atoms with E-state index >= 15 is 0 Å². The van der Waals surface area contributed by atoms with Gasteiger partial charge in [0, 0.05) is 42.4 Å². The van der Waals surface area contributed by atoms with Crippen LogP contribution < -0.4 is 4.90 Å². The lowest BCUT2D eigenvalue weighted by molar-refractivity contribution is 0.211. The number of rotatable bonds is 4. The zero-order valence-electron chi connectivity index (χ0n) is 14.4. The van der Waals surface area contributed by atoms with E-state index in [2.05, 4.69) is 43.9 Å². The molecule has 0 aliphatic carbocycles. The van der Waals surface area contributed by atoms with Gasteiger partial charge in [-0.15, -0.1) is 0 Å². The summed E-state index contributed by atoms with van der Waals surface area (Å²) < 4.78 is 14.9. The topological polar surface area (TPSA) is 6.48 Å². The normalized spacial score (nSPS) is 18.6. The highest BCUT2D eigenvalue weighted by Gasteiger charge is 2.29. The van der Waals surface area contributed by atoms with Gasteiger partial charge in [0.1, 0.15) is 5.82 Å². The van der Waals surface area contributed by atoms with Crippen molar-refractivity contribution in [1.82, 2.24) is 4.90 Å². The van der Waals surface area contributed by atoms with Gasteiger partial charge in [-0.05, 0) is 55.0 Å². The van der Waals surface area contributed by atoms with E-state index in [0.717, 1.165) is 44.6 Å². The quantitative estimate of drug-likeness (QED) is 0.733. The van der Waals surface area contributed by atoms with Gasteiger partial charge in [-0.25, -0.2) is 4.39 Å². The van der Waals surface area contributed by atoms with Crippen molar-refractivity contribution in [3.8, 4) is 0 Å². The van der Waals surface area contributed by atoms with Crippen LogP contribution in [0.4, 0.5) is 10.1 Å². The molecule has 1 saturated heterocycles. The lowest BCUT2D eigenvalue weighted by atomic mass is 10.0. The summed E-state index contributed by atoms with van der Waals surface area (Å²) in [6.45, 7) is 4.32. The largest absolute Gasteiger partial charge is 0.368 e. The first-order valence-electron chi connectivity index (χ1n) is 9.21. The number of halogens is 2. The molecule has 2 aliphatic heterocycles. The molecular formula is C21H24BrFN2. The first kappa shape index (κ1) is 17.0. The van der Waals surface area contributed by atoms with Gasteiger partial charge in [-0.2, -0.15) is 0 Å². The van der Waals surface area contributed by atoms with Crippen molar-refractivity contribution in [3.63, 3.8) is 0 Å². The molecule has 2 aliphatic rings. The first-order valence-corrected chi connectivity index (χ1v) is 10.0. The van der Waals surface area contributed by atoms with Gasteiger partial charge in [0.05, 0.1) is 0 Å². The molecule has 0 unspecified atom stereocenters. The minimum Gasteiger partial charge on any atom is -0.368 e. The molecule has 0 saturated carbocycles. The van der Waals surface area contributed by atoms with E-state index in [1.54, 1.807) is 12.1 Å². The van der Waals surface area contributed by atoms with Crippen LogP contribution in [0.15, 0.2) is 46.9 Å². The van der Waals surface area contributed by atoms with Crippen molar-refractivity contribution in [2.45, 2.75) is 31.7 Å². The Morgan fingerprint density at radius 2 is 1.84 bits per heavy atom. The number of piperidine rings is 1. The molecule has 0 bridgehead atoms. The fourth-order valence-electron chi connectivity index (χ4n) is 4.19. The van der Waals surface area contributed by atoms with Crippen molar-refractivity contribution in [2.75, 3.05) is 31.1 Å². The molecule has 132 valence electrons. The second-order valence-corrected chi connectivity index (χ2v) is 8.05. The molecule has 4 rings (SSSR count). The molecule has 0 spiro atoms. The van der Waals surface area contributed by atoms with E-state index in [-0.39, 0.29) is 5.82 Å². The number of hydrogen-bond donors (Lipinski definition) is 0. The fraction of sp³-hybridized carbons (Fsp3) is 0.429. The smallest absolute Gasteiger partial charge is 0.126 e. The van der Waals surface area contributed by atoms with Crippen LogP contribution in [-0.2, 0) is 12.8 Å². The van der Waals surface area contributed by atoms with Crippen LogP contribution in [0, 0.1) is 5.82 Å². The minimum absolute atomic E-state index is 0.0726. The van der Waals surface area contributed by atoms with E-state index in [1.165, 1.54) is 28.6 Å². The molecule has 2 aromatic rings. The van der Waals surface area contributed by atoms with Crippen LogP contribution in [0.3, 0.4) is 0 Å². The van der Waals surface area contributed by atoms with Crippen molar-refractivity contribution < 1.29 is 4.39 Å². The molecule has 0 aromatic heterocycles. The summed E-state index contributed by atoms with van der Waals surface area (Å²) in [6, 6.07) is 14.5. The third-order valence-corrected chi connectivity index (χ3v) is 6.13. The highest BCUT2D eigenvalue weighted by atomic mass is 79.9. The number of nitrogens with zero attached hydrogens (tertiary/aromatic N) is 2. The molecule has 2 heterocycles. The van der Waals surface area contributed by atoms with E-state index in [1.807, 2.05) is 12.1 Å². The predicted octanol–water partition coefficient (Wildman–Crippen LogP) is 4.66. The summed E-state index contributed by atoms with van der Waals surface area (Å²) in [5, 5.41) is 0. The monoisotopic (exact) mass is 402 g/mol. The Balaban J connectivity index is 1.32. The Labute approximate surface area is 157 Å². The summed E-state index contributed by atoms with van der Waals surface area (Å²) in [7, 11) is 0. The van der Waals surface area contributed by atoms with E-state index in [9.17, 15) is 4.39 Å². The third-order valence-electron chi connectivity index (χ3n) is 5.63. The molecule has 4 heteroatoms. The van der Waals surface area contributed by atoms with Crippen LogP contribution in [0.25, 0.3) is 0 Å². The number of likely N-dealkylation sites (tertiary alicyclic amines) is 1. The minimum atomic E-state index is -0.0726. The number of fused-ring (bicyclic) bond motifs is 1. The molecular weight excluding hydrogens is 379 g/mol. The van der Waals surface area contributed by atoms with Gasteiger partial charge in [-0.3, -0.25) is 0 Å². The fourth-order valence-corrected chi connectivity index (χ4v) is 4.54. The van der Waals surface area contributed by atoms with Gasteiger partial charge in [0.15, 0.2) is 0 Å². The second kappa shape index (κ2) is 7.46. The van der Waals surface area contributed by atoms with Gasteiger partial charge >= 0.3 is 0 Å². The van der Waals surface area contributed by atoms with Crippen LogP contribution >= 0.6 is 15.9 Å². The lowest BCUT2D eigenvalue weighted by Crippen LogP contribution is -2.45. The average molecular weight is 403 g/mol. The molecule has 0 amide bonds. The Hall–Kier alpha value is -1.39. The zero-order chi connectivity index (χ0) is 17.2. The number of hydrogen-bond acceptors (Lipinski definition) is 2. The maximum Gasteiger partial charge on any atom is 0.126 e. The highest BCUT2D eigenvalue weighted by Crippen LogP contribution is 2.34. The summed E-state index contributed by atoms with van der Waals surface area (Å²) >= 11 is 3.61. The van der Waals surface area contributed by atoms with Crippen LogP contribution in [0.2, 0.25) is 0 Å². The number of benzene rings is 2. The van der Waals surface area contributed by atoms with Crippen LogP contribution in [0.1, 0.15) is 24.0 Å². The third kappa shape index (κ3) is 3.75. The van der Waals surface area contributed by atoms with E-state index in [0.29, 0.717) is 6.04 Å². The maximum atomic E-state index is 13.8. The summed E-state index contributed by atoms with van der Waals surface area (Å²) in [6.07, 6.45) is 4.36. The van der Waals surface area contributed by atoms with Gasteiger partial charge in [0.2, 0.25) is 0 Å². The van der Waals surface area contributed by atoms with Crippen molar-refractivity contribution in [3.05, 3.63) is 63.9 Å². The Kier molecular flexibility index (Phi) is 5.09. The van der Waals surface area contributed by atoms with Gasteiger partial charge in [0.25, 0.3) is 0 Å². The molecule has 0 atom stereocenters. The second-order valence-electron chi connectivity index (χ2n) is 7.13. The van der Waals surface area contributed by atoms with Crippen LogP contribution in [0.5, 0.6) is 0 Å². The average Bonchev–Trinajstić information content (AvgIpc) is 3.04. The zero-order valence-corrected chi connectivity index (χ0v) is 16.0. The maximum absolute atomic E-state index is 13.8. The molecule has 1 fully saturated rings. The Morgan fingerprint density at radius 1 is 1.04 bits per heavy atom. The van der Waals surface area contributed by atoms with E-state index in [4.69, 9.17) is 0 Å². The van der Waals surface area contributed by atoms with Crippen LogP contribution in [-0.4, -0.2) is 37.1 Å². The number of anilines is 1. The molecule has 2 aromatic carbocycles. The summed E-state index contributed by atoms with van der Waals surface area (Å²) in [4.78, 5) is 5.09. The Bertz CT molecular complexity index is 740. The standard InChI is InChI=1S/C21H24BrFN2/c22-18-6-5-17-8-14-25(21(17)15-18)19-9-12-24(13-10-19)11-7-16-3-1-2-4-20(16)23/h1-6,15,19H,7-14H2. The summed E-state index contributed by atoms with van der Waals surface area (Å²) in [5.74, 6) is -0.0726. The lowest BCUT2D eigenvalue weighted by Gasteiger charge is -2.38. The molecule has 0 radical (unpaired) electrons. The van der Waals surface area contributed by atoms with Gasteiger partial charge < -0.3 is 9.80 Å². The molecule has 25 heavy (non-hydrogen) atoms. The summed E-state index contributed by atoms with van der Waals surface area (Å²) in [5.41, 5.74) is 3.73. The van der Waals surface area contributed by atoms with Crippen molar-refractivity contribution >= 4 is 21.6 Å². The predicted molar refractivity (Wildman–Crippen MR) is 105 cm³/mol. The van der Waals surface area contributed by atoms with E-state index < -0.39 is 0 Å². The van der Waals surface area contributed by atoms with Crippen molar-refractivity contribution in [2.24, 2.45) is 0 Å². The first-order chi connectivity index (χ1) is 12.2. The van der Waals surface area contributed by atoms with Gasteiger partial charge in [-0.1, -0.05) is 40.2 Å². The highest BCUT2D eigenvalue weighted by molar-refractivity contribution is 9.10. The van der Waals surface area contributed by atoms with Crippen molar-refractivity contribution in [1.29, 1.82) is 0 Å².